The second-order valence-corrected chi connectivity index (χ2v) is 4.46. The van der Waals surface area contributed by atoms with Crippen molar-refractivity contribution in [2.24, 2.45) is 0 Å². The first kappa shape index (κ1) is 15.0. The monoisotopic (exact) mass is 282 g/mol. The predicted molar refractivity (Wildman–Crippen MR) is 73.1 cm³/mol. The summed E-state index contributed by atoms with van der Waals surface area (Å²) in [5.41, 5.74) is 0.831. The highest BCUT2D eigenvalue weighted by Gasteiger charge is 2.20. The zero-order valence-corrected chi connectivity index (χ0v) is 11.0. The van der Waals surface area contributed by atoms with Crippen LogP contribution in [0, 0.1) is 0 Å². The van der Waals surface area contributed by atoms with Gasteiger partial charge in [-0.2, -0.15) is 0 Å². The van der Waals surface area contributed by atoms with E-state index in [1.54, 1.807) is 12.1 Å². The Kier molecular flexibility index (Phi) is 5.89. The molecule has 0 radical (unpaired) electrons. The summed E-state index contributed by atoms with van der Waals surface area (Å²) in [5, 5.41) is 14.1. The van der Waals surface area contributed by atoms with Crippen LogP contribution in [0.5, 0.6) is 0 Å². The number of amides is 2. The minimum atomic E-state index is -1.09. The van der Waals surface area contributed by atoms with Crippen molar-refractivity contribution in [2.75, 3.05) is 6.54 Å². The van der Waals surface area contributed by atoms with Crippen LogP contribution >= 0.6 is 11.6 Å². The predicted octanol–water partition coefficient (Wildman–Crippen LogP) is 1.73. The number of rotatable bonds is 6. The van der Waals surface area contributed by atoms with Gasteiger partial charge in [0.2, 0.25) is 0 Å². The molecule has 3 N–H and O–H groups in total. The zero-order chi connectivity index (χ0) is 14.3. The van der Waals surface area contributed by atoms with E-state index in [4.69, 9.17) is 16.7 Å². The van der Waals surface area contributed by atoms with E-state index in [0.717, 1.165) is 5.56 Å². The van der Waals surface area contributed by atoms with Gasteiger partial charge >= 0.3 is 12.0 Å². The smallest absolute Gasteiger partial charge is 0.326 e. The fourth-order valence-electron chi connectivity index (χ4n) is 1.44. The molecule has 19 heavy (non-hydrogen) atoms. The molecule has 2 amide bonds. The first-order valence-electron chi connectivity index (χ1n) is 5.63. The lowest BCUT2D eigenvalue weighted by molar-refractivity contribution is -0.139. The molecule has 1 rings (SSSR count). The van der Waals surface area contributed by atoms with Crippen LogP contribution in [0.4, 0.5) is 4.79 Å². The van der Waals surface area contributed by atoms with E-state index >= 15 is 0 Å². The van der Waals surface area contributed by atoms with Gasteiger partial charge in [0.15, 0.2) is 0 Å². The third-order valence-electron chi connectivity index (χ3n) is 2.33. The second kappa shape index (κ2) is 7.43. The Morgan fingerprint density at radius 1 is 1.32 bits per heavy atom. The lowest BCUT2D eigenvalue weighted by Gasteiger charge is -2.15. The maximum absolute atomic E-state index is 11.5. The zero-order valence-electron chi connectivity index (χ0n) is 10.2. The molecule has 0 spiro atoms. The third kappa shape index (κ3) is 5.92. The van der Waals surface area contributed by atoms with Gasteiger partial charge in [-0.15, -0.1) is 0 Å². The minimum absolute atomic E-state index is 0.0884. The standard InChI is InChI=1S/C13H15ClN2O3/c1-9(14)8-15-13(19)16-11(12(17)18)7-10-5-3-2-4-6-10/h2-6,11H,1,7-8H2,(H,17,18)(H2,15,16,19)/t11-/m1/s1. The highest BCUT2D eigenvalue weighted by molar-refractivity contribution is 6.29. The van der Waals surface area contributed by atoms with E-state index in [1.807, 2.05) is 18.2 Å². The van der Waals surface area contributed by atoms with E-state index in [0.29, 0.717) is 0 Å². The number of carbonyl (C=O) groups excluding carboxylic acids is 1. The van der Waals surface area contributed by atoms with Crippen molar-refractivity contribution >= 4 is 23.6 Å². The average molecular weight is 283 g/mol. The lowest BCUT2D eigenvalue weighted by Crippen LogP contribution is -2.47. The van der Waals surface area contributed by atoms with Crippen molar-refractivity contribution in [3.8, 4) is 0 Å². The molecule has 0 aliphatic rings. The van der Waals surface area contributed by atoms with Crippen LogP contribution < -0.4 is 10.6 Å². The maximum Gasteiger partial charge on any atom is 0.326 e. The highest BCUT2D eigenvalue weighted by atomic mass is 35.5. The number of carboxylic acid groups (broad SMARTS) is 1. The Morgan fingerprint density at radius 2 is 1.95 bits per heavy atom. The quantitative estimate of drug-likeness (QED) is 0.743. The van der Waals surface area contributed by atoms with Crippen molar-refractivity contribution in [3.63, 3.8) is 0 Å². The van der Waals surface area contributed by atoms with Gasteiger partial charge < -0.3 is 15.7 Å². The Bertz CT molecular complexity index is 462. The van der Waals surface area contributed by atoms with Gasteiger partial charge in [-0.1, -0.05) is 48.5 Å². The van der Waals surface area contributed by atoms with Crippen LogP contribution in [-0.2, 0) is 11.2 Å². The molecule has 0 heterocycles. The van der Waals surface area contributed by atoms with Crippen molar-refractivity contribution < 1.29 is 14.7 Å². The molecule has 0 aliphatic carbocycles. The molecular weight excluding hydrogens is 268 g/mol. The highest BCUT2D eigenvalue weighted by Crippen LogP contribution is 2.03. The first-order valence-corrected chi connectivity index (χ1v) is 6.01. The van der Waals surface area contributed by atoms with Crippen LogP contribution in [0.2, 0.25) is 0 Å². The lowest BCUT2D eigenvalue weighted by atomic mass is 10.1. The van der Waals surface area contributed by atoms with Gasteiger partial charge in [0, 0.05) is 11.5 Å². The molecule has 0 aliphatic heterocycles. The van der Waals surface area contributed by atoms with Gasteiger partial charge in [-0.05, 0) is 5.56 Å². The van der Waals surface area contributed by atoms with Gasteiger partial charge in [0.1, 0.15) is 6.04 Å². The van der Waals surface area contributed by atoms with E-state index in [2.05, 4.69) is 17.2 Å². The molecule has 0 saturated carbocycles. The number of carboxylic acids is 1. The normalized spacial score (nSPS) is 11.4. The Morgan fingerprint density at radius 3 is 2.47 bits per heavy atom. The Hall–Kier alpha value is -2.01. The fraction of sp³-hybridized carbons (Fsp3) is 0.231. The number of hydrogen-bond acceptors (Lipinski definition) is 2. The fourth-order valence-corrected chi connectivity index (χ4v) is 1.50. The molecule has 0 unspecified atom stereocenters. The van der Waals surface area contributed by atoms with Crippen LogP contribution in [-0.4, -0.2) is 29.7 Å². The van der Waals surface area contributed by atoms with Crippen molar-refractivity contribution in [3.05, 3.63) is 47.5 Å². The van der Waals surface area contributed by atoms with Gasteiger partial charge in [0.25, 0.3) is 0 Å². The largest absolute Gasteiger partial charge is 0.480 e. The number of hydrogen-bond donors (Lipinski definition) is 3. The number of halogens is 1. The first-order chi connectivity index (χ1) is 8.99. The van der Waals surface area contributed by atoms with Crippen LogP contribution in [0.3, 0.4) is 0 Å². The number of nitrogens with one attached hydrogen (secondary N) is 2. The van der Waals surface area contributed by atoms with Crippen LogP contribution in [0.1, 0.15) is 5.56 Å². The summed E-state index contributed by atoms with van der Waals surface area (Å²) < 4.78 is 0. The molecule has 1 atom stereocenters. The van der Waals surface area contributed by atoms with E-state index < -0.39 is 18.0 Å². The van der Waals surface area contributed by atoms with Crippen molar-refractivity contribution in [1.82, 2.24) is 10.6 Å². The van der Waals surface area contributed by atoms with Crippen molar-refractivity contribution in [2.45, 2.75) is 12.5 Å². The van der Waals surface area contributed by atoms with E-state index in [1.165, 1.54) is 0 Å². The minimum Gasteiger partial charge on any atom is -0.480 e. The molecule has 0 bridgehead atoms. The second-order valence-electron chi connectivity index (χ2n) is 3.92. The van der Waals surface area contributed by atoms with Crippen LogP contribution in [0.25, 0.3) is 0 Å². The molecule has 5 nitrogen and oxygen atoms in total. The van der Waals surface area contributed by atoms with Gasteiger partial charge in [0.05, 0.1) is 6.54 Å². The van der Waals surface area contributed by atoms with Gasteiger partial charge in [-0.3, -0.25) is 0 Å². The number of urea groups is 1. The topological polar surface area (TPSA) is 78.4 Å². The summed E-state index contributed by atoms with van der Waals surface area (Å²) in [6.45, 7) is 3.50. The molecule has 0 aromatic heterocycles. The third-order valence-corrected chi connectivity index (χ3v) is 2.46. The molecule has 1 aromatic carbocycles. The maximum atomic E-state index is 11.5. The SMILES string of the molecule is C=C(Cl)CNC(=O)N[C@H](Cc1ccccc1)C(=O)O. The summed E-state index contributed by atoms with van der Waals surface area (Å²) in [7, 11) is 0. The summed E-state index contributed by atoms with van der Waals surface area (Å²) in [6.07, 6.45) is 0.214. The number of carbonyl (C=O) groups is 2. The summed E-state index contributed by atoms with van der Waals surface area (Å²) in [5.74, 6) is -1.09. The molecule has 0 fully saturated rings. The molecule has 0 saturated heterocycles. The molecule has 102 valence electrons. The average Bonchev–Trinajstić information content (AvgIpc) is 2.36. The summed E-state index contributed by atoms with van der Waals surface area (Å²) in [4.78, 5) is 22.6. The van der Waals surface area contributed by atoms with Gasteiger partial charge in [-0.25, -0.2) is 9.59 Å². The summed E-state index contributed by atoms with van der Waals surface area (Å²) >= 11 is 5.50. The number of aliphatic carboxylic acids is 1. The van der Waals surface area contributed by atoms with E-state index in [-0.39, 0.29) is 18.0 Å². The molecular formula is C13H15ClN2O3. The van der Waals surface area contributed by atoms with Crippen LogP contribution in [0.15, 0.2) is 41.9 Å². The van der Waals surface area contributed by atoms with E-state index in [9.17, 15) is 9.59 Å². The van der Waals surface area contributed by atoms with Crippen molar-refractivity contribution in [1.29, 1.82) is 0 Å². The molecule has 6 heteroatoms. The Labute approximate surface area is 116 Å². The summed E-state index contributed by atoms with van der Waals surface area (Å²) in [6, 6.07) is 7.48. The Balaban J connectivity index is 2.56. The number of benzene rings is 1. The molecule has 1 aromatic rings.